The second-order valence-corrected chi connectivity index (χ2v) is 11.3. The molecule has 3 aromatic carbocycles. The number of fused-ring (bicyclic) bond motifs is 1. The first-order chi connectivity index (χ1) is 17.0. The molecule has 0 spiro atoms. The van der Waals surface area contributed by atoms with Crippen LogP contribution in [0.4, 0.5) is 0 Å². The summed E-state index contributed by atoms with van der Waals surface area (Å²) in [5.41, 5.74) is 1.89. The zero-order valence-corrected chi connectivity index (χ0v) is 22.4. The fourth-order valence-electron chi connectivity index (χ4n) is 3.89. The van der Waals surface area contributed by atoms with Gasteiger partial charge in [0.1, 0.15) is 6.04 Å². The van der Waals surface area contributed by atoms with Crippen LogP contribution in [0.2, 0.25) is 0 Å². The molecule has 36 heavy (non-hydrogen) atoms. The van der Waals surface area contributed by atoms with Gasteiger partial charge in [0, 0.05) is 19.6 Å². The number of carbonyl (C=O) groups excluding carboxylic acids is 2. The Hall–Kier alpha value is -3.23. The molecule has 3 rings (SSSR count). The van der Waals surface area contributed by atoms with E-state index < -0.39 is 22.0 Å². The van der Waals surface area contributed by atoms with Crippen LogP contribution in [0.5, 0.6) is 0 Å². The van der Waals surface area contributed by atoms with Crippen LogP contribution in [0.1, 0.15) is 38.3 Å². The molecule has 0 aliphatic carbocycles. The first kappa shape index (κ1) is 27.4. The molecule has 0 fully saturated rings. The van der Waals surface area contributed by atoms with Crippen molar-refractivity contribution in [2.45, 2.75) is 57.6 Å². The summed E-state index contributed by atoms with van der Waals surface area (Å²) >= 11 is 0. The van der Waals surface area contributed by atoms with E-state index in [1.54, 1.807) is 25.1 Å². The predicted octanol–water partition coefficient (Wildman–Crippen LogP) is 4.10. The first-order valence-corrected chi connectivity index (χ1v) is 13.6. The lowest BCUT2D eigenvalue weighted by atomic mass is 10.1. The van der Waals surface area contributed by atoms with Gasteiger partial charge in [-0.1, -0.05) is 61.5 Å². The highest BCUT2D eigenvalue weighted by atomic mass is 32.2. The van der Waals surface area contributed by atoms with Crippen molar-refractivity contribution in [3.05, 3.63) is 77.9 Å². The number of amides is 2. The molecule has 0 heterocycles. The maximum absolute atomic E-state index is 13.5. The summed E-state index contributed by atoms with van der Waals surface area (Å²) in [6, 6.07) is 19.2. The number of likely N-dealkylation sites (N-methyl/N-ethyl adjacent to an activating group) is 1. The van der Waals surface area contributed by atoms with Gasteiger partial charge in [-0.25, -0.2) is 8.42 Å². The van der Waals surface area contributed by atoms with E-state index in [1.807, 2.05) is 69.3 Å². The molecule has 0 radical (unpaired) electrons. The van der Waals surface area contributed by atoms with Crippen molar-refractivity contribution in [1.29, 1.82) is 0 Å². The highest BCUT2D eigenvalue weighted by Gasteiger charge is 2.31. The summed E-state index contributed by atoms with van der Waals surface area (Å²) in [4.78, 5) is 28.0. The summed E-state index contributed by atoms with van der Waals surface area (Å²) in [5, 5.41) is 4.66. The van der Waals surface area contributed by atoms with Crippen molar-refractivity contribution >= 4 is 32.6 Å². The van der Waals surface area contributed by atoms with Crippen LogP contribution < -0.4 is 5.32 Å². The van der Waals surface area contributed by atoms with Gasteiger partial charge in [0.05, 0.1) is 11.4 Å². The average molecular weight is 510 g/mol. The molecule has 0 saturated heterocycles. The summed E-state index contributed by atoms with van der Waals surface area (Å²) in [6.07, 6.45) is 0.761. The third-order valence-electron chi connectivity index (χ3n) is 6.56. The van der Waals surface area contributed by atoms with E-state index in [2.05, 4.69) is 5.32 Å². The molecule has 0 unspecified atom stereocenters. The number of nitrogens with one attached hydrogen (secondary N) is 1. The smallest absolute Gasteiger partial charge is 0.243 e. The largest absolute Gasteiger partial charge is 0.352 e. The number of hydrogen-bond acceptors (Lipinski definition) is 4. The molecule has 0 aliphatic rings. The lowest BCUT2D eigenvalue weighted by molar-refractivity contribution is -0.140. The van der Waals surface area contributed by atoms with Crippen molar-refractivity contribution in [1.82, 2.24) is 14.5 Å². The Balaban J connectivity index is 1.86. The van der Waals surface area contributed by atoms with Crippen LogP contribution in [0.25, 0.3) is 10.8 Å². The van der Waals surface area contributed by atoms with Gasteiger partial charge in [0.25, 0.3) is 0 Å². The predicted molar refractivity (Wildman–Crippen MR) is 143 cm³/mol. The Bertz CT molecular complexity index is 1340. The molecule has 2 amide bonds. The fourth-order valence-corrected chi connectivity index (χ4v) is 5.05. The van der Waals surface area contributed by atoms with Crippen LogP contribution in [0, 0.1) is 6.92 Å². The minimum absolute atomic E-state index is 0.0358. The molecule has 1 N–H and O–H groups in total. The third kappa shape index (κ3) is 6.30. The number of sulfonamides is 1. The minimum atomic E-state index is -3.92. The van der Waals surface area contributed by atoms with Crippen LogP contribution in [0.15, 0.2) is 71.6 Å². The summed E-state index contributed by atoms with van der Waals surface area (Å²) in [6.45, 7) is 7.30. The zero-order chi connectivity index (χ0) is 26.5. The highest BCUT2D eigenvalue weighted by molar-refractivity contribution is 7.89. The Kier molecular flexibility index (Phi) is 8.87. The van der Waals surface area contributed by atoms with E-state index in [0.717, 1.165) is 32.6 Å². The second kappa shape index (κ2) is 11.7. The number of nitrogens with zero attached hydrogens (tertiary/aromatic N) is 2. The van der Waals surface area contributed by atoms with E-state index >= 15 is 0 Å². The molecular formula is C28H35N3O4S. The van der Waals surface area contributed by atoms with Gasteiger partial charge in [-0.15, -0.1) is 0 Å². The van der Waals surface area contributed by atoms with Crippen LogP contribution >= 0.6 is 0 Å². The second-order valence-electron chi connectivity index (χ2n) is 9.21. The normalized spacial score (nSPS) is 13.4. The average Bonchev–Trinajstić information content (AvgIpc) is 2.87. The van der Waals surface area contributed by atoms with Crippen molar-refractivity contribution in [2.24, 2.45) is 0 Å². The molecular weight excluding hydrogens is 474 g/mol. The van der Waals surface area contributed by atoms with Gasteiger partial charge < -0.3 is 10.2 Å². The van der Waals surface area contributed by atoms with Crippen molar-refractivity contribution < 1.29 is 18.0 Å². The minimum Gasteiger partial charge on any atom is -0.352 e. The summed E-state index contributed by atoms with van der Waals surface area (Å²) in [7, 11) is -2.54. The Morgan fingerprint density at radius 1 is 0.944 bits per heavy atom. The molecule has 7 nitrogen and oxygen atoms in total. The van der Waals surface area contributed by atoms with Crippen molar-refractivity contribution in [2.75, 3.05) is 13.6 Å². The SMILES string of the molecule is CC[C@@H](C)NC(=O)[C@@H](C)N(Cc1ccccc1C)C(=O)CN(C)S(=O)(=O)c1ccc2ccccc2c1. The fraction of sp³-hybridized carbons (Fsp3) is 0.357. The van der Waals surface area contributed by atoms with Gasteiger partial charge in [-0.05, 0) is 61.2 Å². The highest BCUT2D eigenvalue weighted by Crippen LogP contribution is 2.22. The lowest BCUT2D eigenvalue weighted by Gasteiger charge is -2.31. The lowest BCUT2D eigenvalue weighted by Crippen LogP contribution is -2.52. The molecule has 0 saturated carbocycles. The monoisotopic (exact) mass is 509 g/mol. The Morgan fingerprint density at radius 3 is 2.25 bits per heavy atom. The molecule has 2 atom stereocenters. The van der Waals surface area contributed by atoms with Gasteiger partial charge in [-0.3, -0.25) is 9.59 Å². The Labute approximate surface area is 214 Å². The van der Waals surface area contributed by atoms with Gasteiger partial charge in [0.2, 0.25) is 21.8 Å². The molecule has 192 valence electrons. The topological polar surface area (TPSA) is 86.8 Å². The summed E-state index contributed by atoms with van der Waals surface area (Å²) in [5.74, 6) is -0.719. The number of benzene rings is 3. The number of rotatable bonds is 10. The molecule has 3 aromatic rings. The van der Waals surface area contributed by atoms with Gasteiger partial charge in [-0.2, -0.15) is 4.31 Å². The molecule has 8 heteroatoms. The van der Waals surface area contributed by atoms with Crippen molar-refractivity contribution in [3.8, 4) is 0 Å². The zero-order valence-electron chi connectivity index (χ0n) is 21.6. The van der Waals surface area contributed by atoms with E-state index in [-0.39, 0.29) is 29.9 Å². The standard InChI is InChI=1S/C28H35N3O4S/c1-6-21(3)29-28(33)22(4)31(18-25-14-8-7-11-20(25)2)27(32)19-30(5)36(34,35)26-16-15-23-12-9-10-13-24(23)17-26/h7-17,21-22H,6,18-19H2,1-5H3,(H,29,33)/t21-,22-/m1/s1. The van der Waals surface area contributed by atoms with Gasteiger partial charge in [0.15, 0.2) is 0 Å². The van der Waals surface area contributed by atoms with E-state index in [9.17, 15) is 18.0 Å². The maximum Gasteiger partial charge on any atom is 0.243 e. The van der Waals surface area contributed by atoms with E-state index in [1.165, 1.54) is 11.9 Å². The van der Waals surface area contributed by atoms with Crippen LogP contribution in [0.3, 0.4) is 0 Å². The molecule has 0 aromatic heterocycles. The summed E-state index contributed by atoms with van der Waals surface area (Å²) < 4.78 is 27.7. The molecule has 0 aliphatic heterocycles. The Morgan fingerprint density at radius 2 is 1.58 bits per heavy atom. The number of carbonyl (C=O) groups is 2. The van der Waals surface area contributed by atoms with Crippen LogP contribution in [-0.4, -0.2) is 55.1 Å². The molecule has 0 bridgehead atoms. The van der Waals surface area contributed by atoms with Crippen molar-refractivity contribution in [3.63, 3.8) is 0 Å². The maximum atomic E-state index is 13.5. The number of aryl methyl sites for hydroxylation is 1. The first-order valence-electron chi connectivity index (χ1n) is 12.1. The third-order valence-corrected chi connectivity index (χ3v) is 8.36. The van der Waals surface area contributed by atoms with E-state index in [4.69, 9.17) is 0 Å². The number of hydrogen-bond donors (Lipinski definition) is 1. The van der Waals surface area contributed by atoms with E-state index in [0.29, 0.717) is 0 Å². The quantitative estimate of drug-likeness (QED) is 0.446. The van der Waals surface area contributed by atoms with Gasteiger partial charge >= 0.3 is 0 Å². The van der Waals surface area contributed by atoms with Crippen LogP contribution in [-0.2, 0) is 26.2 Å².